The Morgan fingerprint density at radius 3 is 2.67 bits per heavy atom. The highest BCUT2D eigenvalue weighted by Gasteiger charge is 2.18. The average Bonchev–Trinajstić information content (AvgIpc) is 3.31. The van der Waals surface area contributed by atoms with E-state index in [9.17, 15) is 9.59 Å². The van der Waals surface area contributed by atoms with E-state index in [0.717, 1.165) is 5.39 Å². The fourth-order valence-electron chi connectivity index (χ4n) is 3.72. The average molecular weight is 446 g/mol. The van der Waals surface area contributed by atoms with Gasteiger partial charge in [-0.2, -0.15) is 4.98 Å². The molecule has 168 valence electrons. The van der Waals surface area contributed by atoms with Crippen molar-refractivity contribution in [2.75, 3.05) is 18.5 Å². The zero-order valence-corrected chi connectivity index (χ0v) is 18.2. The van der Waals surface area contributed by atoms with E-state index in [1.165, 1.54) is 10.6 Å². The maximum Gasteiger partial charge on any atom is 0.258 e. The molecular formula is C24H22N4O5. The number of ether oxygens (including phenoxy) is 2. The summed E-state index contributed by atoms with van der Waals surface area (Å²) in [6, 6.07) is 13.9. The van der Waals surface area contributed by atoms with Gasteiger partial charge in [0.15, 0.2) is 17.3 Å². The summed E-state index contributed by atoms with van der Waals surface area (Å²) < 4.78 is 17.9. The zero-order chi connectivity index (χ0) is 22.9. The lowest BCUT2D eigenvalue weighted by Crippen LogP contribution is -2.28. The van der Waals surface area contributed by atoms with Crippen molar-refractivity contribution in [3.05, 3.63) is 64.7 Å². The fraction of sp³-hybridized carbons (Fsp3) is 0.250. The summed E-state index contributed by atoms with van der Waals surface area (Å²) in [7, 11) is 0. The van der Waals surface area contributed by atoms with Gasteiger partial charge in [0.05, 0.1) is 11.1 Å². The molecule has 0 spiro atoms. The van der Waals surface area contributed by atoms with E-state index in [1.807, 2.05) is 32.0 Å². The van der Waals surface area contributed by atoms with Gasteiger partial charge < -0.3 is 19.3 Å². The minimum atomic E-state index is -0.342. The van der Waals surface area contributed by atoms with Gasteiger partial charge in [-0.05, 0) is 18.2 Å². The number of benzene rings is 2. The number of rotatable bonds is 5. The molecule has 0 atom stereocenters. The molecule has 1 N–H and O–H groups in total. The molecule has 2 aromatic carbocycles. The predicted octanol–water partition coefficient (Wildman–Crippen LogP) is 3.58. The zero-order valence-electron chi connectivity index (χ0n) is 18.2. The lowest BCUT2D eigenvalue weighted by molar-refractivity contribution is -0.116. The third-order valence-electron chi connectivity index (χ3n) is 5.34. The molecule has 0 radical (unpaired) electrons. The monoisotopic (exact) mass is 446 g/mol. The molecule has 9 nitrogen and oxygen atoms in total. The second-order valence-electron chi connectivity index (χ2n) is 8.02. The minimum absolute atomic E-state index is 0.0957. The topological polar surface area (TPSA) is 108 Å². The summed E-state index contributed by atoms with van der Waals surface area (Å²) >= 11 is 0. The van der Waals surface area contributed by atoms with Crippen molar-refractivity contribution in [3.8, 4) is 23.0 Å². The molecule has 0 aliphatic carbocycles. The van der Waals surface area contributed by atoms with E-state index in [0.29, 0.717) is 47.3 Å². The number of nitrogens with one attached hydrogen (secondary N) is 1. The van der Waals surface area contributed by atoms with Gasteiger partial charge in [0, 0.05) is 29.1 Å². The second-order valence-corrected chi connectivity index (χ2v) is 8.02. The molecule has 4 aromatic rings. The van der Waals surface area contributed by atoms with E-state index < -0.39 is 0 Å². The molecule has 0 fully saturated rings. The number of hydrogen-bond donors (Lipinski definition) is 1. The number of para-hydroxylation sites is 1. The van der Waals surface area contributed by atoms with E-state index >= 15 is 0 Å². The van der Waals surface area contributed by atoms with Crippen LogP contribution in [-0.2, 0) is 11.3 Å². The quantitative estimate of drug-likeness (QED) is 0.499. The second kappa shape index (κ2) is 8.42. The first-order valence-electron chi connectivity index (χ1n) is 10.7. The van der Waals surface area contributed by atoms with Gasteiger partial charge in [-0.3, -0.25) is 14.2 Å². The summed E-state index contributed by atoms with van der Waals surface area (Å²) in [6.45, 7) is 4.72. The van der Waals surface area contributed by atoms with Crippen LogP contribution in [0.4, 0.5) is 5.69 Å². The maximum absolute atomic E-state index is 13.0. The number of carbonyl (C=O) groups is 1. The van der Waals surface area contributed by atoms with E-state index in [4.69, 9.17) is 14.0 Å². The normalized spacial score (nSPS) is 12.8. The van der Waals surface area contributed by atoms with Crippen molar-refractivity contribution in [3.63, 3.8) is 0 Å². The summed E-state index contributed by atoms with van der Waals surface area (Å²) in [6.07, 6.45) is 0. The number of carbonyl (C=O) groups excluding carboxylic acids is 1. The molecule has 1 aliphatic rings. The van der Waals surface area contributed by atoms with E-state index in [2.05, 4.69) is 15.5 Å². The Balaban J connectivity index is 1.45. The molecule has 0 saturated heterocycles. The highest BCUT2D eigenvalue weighted by molar-refractivity contribution is 5.95. The van der Waals surface area contributed by atoms with Crippen molar-refractivity contribution in [2.24, 2.45) is 0 Å². The first kappa shape index (κ1) is 20.7. The van der Waals surface area contributed by atoms with Crippen LogP contribution in [0, 0.1) is 0 Å². The molecule has 5 rings (SSSR count). The largest absolute Gasteiger partial charge is 0.486 e. The number of fused-ring (bicyclic) bond motifs is 2. The Labute approximate surface area is 188 Å². The summed E-state index contributed by atoms with van der Waals surface area (Å²) in [5.41, 5.74) is 1.36. The lowest BCUT2D eigenvalue weighted by atomic mass is 10.1. The van der Waals surface area contributed by atoms with E-state index in [-0.39, 0.29) is 29.8 Å². The fourth-order valence-corrected chi connectivity index (χ4v) is 3.72. The van der Waals surface area contributed by atoms with Crippen LogP contribution in [0.25, 0.3) is 22.4 Å². The molecule has 0 unspecified atom stereocenters. The first-order chi connectivity index (χ1) is 16.0. The molecule has 1 aliphatic heterocycles. The maximum atomic E-state index is 13.0. The number of anilines is 1. The van der Waals surface area contributed by atoms with Crippen LogP contribution in [-0.4, -0.2) is 33.8 Å². The first-order valence-corrected chi connectivity index (χ1v) is 10.7. The van der Waals surface area contributed by atoms with Gasteiger partial charge in [-0.25, -0.2) is 0 Å². The molecule has 3 heterocycles. The SMILES string of the molecule is CC(C)c1noc(-c2cc(=O)n(CC(=O)Nc3ccc4c(c3)OCCO4)c3ccccc23)n1. The number of amides is 1. The molecule has 2 aromatic heterocycles. The number of aromatic nitrogens is 3. The van der Waals surface area contributed by atoms with Gasteiger partial charge >= 0.3 is 0 Å². The van der Waals surface area contributed by atoms with Crippen molar-refractivity contribution in [2.45, 2.75) is 26.3 Å². The van der Waals surface area contributed by atoms with Crippen molar-refractivity contribution in [1.82, 2.24) is 14.7 Å². The van der Waals surface area contributed by atoms with Crippen LogP contribution in [0.3, 0.4) is 0 Å². The van der Waals surface area contributed by atoms with Gasteiger partial charge in [0.2, 0.25) is 5.91 Å². The highest BCUT2D eigenvalue weighted by Crippen LogP contribution is 2.32. The molecule has 33 heavy (non-hydrogen) atoms. The third-order valence-corrected chi connectivity index (χ3v) is 5.34. The van der Waals surface area contributed by atoms with Gasteiger partial charge in [0.1, 0.15) is 19.8 Å². The number of hydrogen-bond acceptors (Lipinski definition) is 7. The number of nitrogens with zero attached hydrogens (tertiary/aromatic N) is 3. The third kappa shape index (κ3) is 4.05. The van der Waals surface area contributed by atoms with Gasteiger partial charge in [0.25, 0.3) is 11.4 Å². The summed E-state index contributed by atoms with van der Waals surface area (Å²) in [5.74, 6) is 1.81. The van der Waals surface area contributed by atoms with Crippen LogP contribution in [0.1, 0.15) is 25.6 Å². The summed E-state index contributed by atoms with van der Waals surface area (Å²) in [4.78, 5) is 30.2. The summed E-state index contributed by atoms with van der Waals surface area (Å²) in [5, 5.41) is 7.56. The van der Waals surface area contributed by atoms with Crippen molar-refractivity contribution >= 4 is 22.5 Å². The smallest absolute Gasteiger partial charge is 0.258 e. The van der Waals surface area contributed by atoms with Gasteiger partial charge in [-0.1, -0.05) is 37.2 Å². The van der Waals surface area contributed by atoms with Gasteiger partial charge in [-0.15, -0.1) is 0 Å². The Morgan fingerprint density at radius 2 is 1.88 bits per heavy atom. The van der Waals surface area contributed by atoms with Crippen LogP contribution in [0.5, 0.6) is 11.5 Å². The van der Waals surface area contributed by atoms with Crippen LogP contribution in [0.15, 0.2) is 57.8 Å². The van der Waals surface area contributed by atoms with Crippen LogP contribution < -0.4 is 20.3 Å². The van der Waals surface area contributed by atoms with E-state index in [1.54, 1.807) is 24.3 Å². The Morgan fingerprint density at radius 1 is 1.09 bits per heavy atom. The van der Waals surface area contributed by atoms with Crippen molar-refractivity contribution in [1.29, 1.82) is 0 Å². The minimum Gasteiger partial charge on any atom is -0.486 e. The Kier molecular flexibility index (Phi) is 5.29. The highest BCUT2D eigenvalue weighted by atomic mass is 16.6. The van der Waals surface area contributed by atoms with Crippen LogP contribution >= 0.6 is 0 Å². The Bertz CT molecular complexity index is 1410. The van der Waals surface area contributed by atoms with Crippen molar-refractivity contribution < 1.29 is 18.8 Å². The molecule has 9 heteroatoms. The molecule has 0 bridgehead atoms. The predicted molar refractivity (Wildman–Crippen MR) is 122 cm³/mol. The lowest BCUT2D eigenvalue weighted by Gasteiger charge is -2.19. The molecule has 0 saturated carbocycles. The molecular weight excluding hydrogens is 424 g/mol. The van der Waals surface area contributed by atoms with Crippen LogP contribution in [0.2, 0.25) is 0 Å². The number of pyridine rings is 1. The molecule has 1 amide bonds. The standard InChI is InChI=1S/C24H22N4O5/c1-14(2)23-26-24(33-27-23)17-12-22(30)28(18-6-4-3-5-16(17)18)13-21(29)25-15-7-8-19-20(11-15)32-10-9-31-19/h3-8,11-12,14H,9-10,13H2,1-2H3,(H,25,29). The Hall–Kier alpha value is -4.14.